The number of carbonyl (C=O) groups is 1. The number of unbranched alkanes of at least 4 members (excludes halogenated alkanes) is 18. The third-order valence-electron chi connectivity index (χ3n) is 4.99. The van der Waals surface area contributed by atoms with E-state index in [1.165, 1.54) is 109 Å². The zero-order valence-electron chi connectivity index (χ0n) is 19.6. The van der Waals surface area contributed by atoms with E-state index in [1.54, 1.807) is 0 Å². The largest absolute Gasteiger partial charge is 2.00 e. The summed E-state index contributed by atoms with van der Waals surface area (Å²) in [5, 5.41) is 8.56. The van der Waals surface area contributed by atoms with Crippen LogP contribution in [0.5, 0.6) is 0 Å². The van der Waals surface area contributed by atoms with Gasteiger partial charge in [0, 0.05) is 23.5 Å². The topological polar surface area (TPSA) is 37.3 Å². The van der Waals surface area contributed by atoms with E-state index in [0.717, 1.165) is 12.8 Å². The van der Waals surface area contributed by atoms with Crippen LogP contribution in [0.4, 0.5) is 0 Å². The van der Waals surface area contributed by atoms with E-state index < -0.39 is 5.97 Å². The first-order valence-electron chi connectivity index (χ1n) is 11.0. The molecule has 0 atom stereocenters. The molecular formula is C22H46CaFeO2. The molecule has 0 amide bonds. The first kappa shape index (κ1) is 31.9. The summed E-state index contributed by atoms with van der Waals surface area (Å²) in [6.45, 7) is 2.28. The van der Waals surface area contributed by atoms with Gasteiger partial charge in [-0.1, -0.05) is 122 Å². The molecule has 156 valence electrons. The van der Waals surface area contributed by atoms with Crippen molar-refractivity contribution in [3.05, 3.63) is 0 Å². The molecule has 0 rings (SSSR count). The van der Waals surface area contributed by atoms with E-state index in [9.17, 15) is 4.79 Å². The Balaban J connectivity index is -0.000000441. The van der Waals surface area contributed by atoms with Gasteiger partial charge in [0.2, 0.25) is 0 Å². The third-order valence-corrected chi connectivity index (χ3v) is 4.99. The van der Waals surface area contributed by atoms with Gasteiger partial charge in [0.25, 0.3) is 0 Å². The molecule has 0 spiro atoms. The maximum absolute atomic E-state index is 10.4. The molecule has 0 aromatic rings. The summed E-state index contributed by atoms with van der Waals surface area (Å²) in [6, 6.07) is 0. The molecule has 0 aliphatic rings. The van der Waals surface area contributed by atoms with Crippen LogP contribution in [0.2, 0.25) is 0 Å². The second-order valence-corrected chi connectivity index (χ2v) is 7.51. The number of hydrogen-bond acceptors (Lipinski definition) is 1. The first-order valence-corrected chi connectivity index (χ1v) is 11.0. The predicted molar refractivity (Wildman–Crippen MR) is 114 cm³/mol. The molecule has 0 saturated carbocycles. The Hall–Kier alpha value is 1.25. The van der Waals surface area contributed by atoms with Crippen LogP contribution in [0.15, 0.2) is 0 Å². The Kier molecular flexibility index (Phi) is 34.9. The molecule has 4 heteroatoms. The van der Waals surface area contributed by atoms with Crippen molar-refractivity contribution in [3.63, 3.8) is 0 Å². The number of carboxylic acid groups (broad SMARTS) is 1. The molecule has 0 heterocycles. The molecule has 0 aromatic carbocycles. The van der Waals surface area contributed by atoms with Gasteiger partial charge in [-0.25, -0.2) is 0 Å². The fourth-order valence-electron chi connectivity index (χ4n) is 3.35. The fourth-order valence-corrected chi connectivity index (χ4v) is 3.35. The van der Waals surface area contributed by atoms with Crippen LogP contribution < -0.4 is 0 Å². The Bertz CT molecular complexity index is 273. The van der Waals surface area contributed by atoms with Gasteiger partial charge in [0.05, 0.1) is 0 Å². The second-order valence-electron chi connectivity index (χ2n) is 7.51. The summed E-state index contributed by atoms with van der Waals surface area (Å²) in [6.07, 6.45) is 26.1. The fraction of sp³-hybridized carbons (Fsp3) is 0.955. The molecule has 0 aliphatic carbocycles. The van der Waals surface area contributed by atoms with Crippen molar-refractivity contribution in [3.8, 4) is 0 Å². The van der Waals surface area contributed by atoms with Crippen LogP contribution in [0.3, 0.4) is 0 Å². The molecule has 0 bridgehead atoms. The monoisotopic (exact) mass is 438 g/mol. The number of carboxylic acids is 1. The molecular weight excluding hydrogens is 392 g/mol. The van der Waals surface area contributed by atoms with E-state index in [-0.39, 0.29) is 57.7 Å². The second kappa shape index (κ2) is 28.5. The van der Waals surface area contributed by atoms with Crippen molar-refractivity contribution in [1.82, 2.24) is 0 Å². The zero-order chi connectivity index (χ0) is 17.7. The van der Waals surface area contributed by atoms with Gasteiger partial charge < -0.3 is 7.96 Å². The Morgan fingerprint density at radius 3 is 1.04 bits per heavy atom. The SMILES string of the molecule is CCCCCCCCCCCCCCCCCCCCCC(=O)O.[Ca+2].[Fe].[H-].[H-]. The van der Waals surface area contributed by atoms with Crippen molar-refractivity contribution in [2.75, 3.05) is 0 Å². The summed E-state index contributed by atoms with van der Waals surface area (Å²) in [5.41, 5.74) is 0. The van der Waals surface area contributed by atoms with Gasteiger partial charge in [-0.05, 0) is 6.42 Å². The summed E-state index contributed by atoms with van der Waals surface area (Å²) in [7, 11) is 0. The summed E-state index contributed by atoms with van der Waals surface area (Å²) in [5.74, 6) is -0.651. The van der Waals surface area contributed by atoms with Crippen molar-refractivity contribution in [1.29, 1.82) is 0 Å². The minimum Gasteiger partial charge on any atom is -1.00 e. The maximum atomic E-state index is 10.4. The molecule has 0 saturated heterocycles. The molecule has 1 N–H and O–H groups in total. The molecule has 26 heavy (non-hydrogen) atoms. The van der Waals surface area contributed by atoms with Gasteiger partial charge in [-0.15, -0.1) is 0 Å². The van der Waals surface area contributed by atoms with Crippen LogP contribution in [-0.2, 0) is 21.9 Å². The average Bonchev–Trinajstić information content (AvgIpc) is 2.56. The van der Waals surface area contributed by atoms with Crippen LogP contribution >= 0.6 is 0 Å². The van der Waals surface area contributed by atoms with Gasteiger partial charge in [-0.2, -0.15) is 0 Å². The smallest absolute Gasteiger partial charge is 1.00 e. The predicted octanol–water partition coefficient (Wildman–Crippen LogP) is 7.73. The Morgan fingerprint density at radius 1 is 0.577 bits per heavy atom. The molecule has 0 unspecified atom stereocenters. The van der Waals surface area contributed by atoms with Gasteiger partial charge >= 0.3 is 43.7 Å². The van der Waals surface area contributed by atoms with E-state index in [4.69, 9.17) is 5.11 Å². The zero-order valence-corrected chi connectivity index (χ0v) is 20.9. The van der Waals surface area contributed by atoms with Gasteiger partial charge in [-0.3, -0.25) is 4.79 Å². The van der Waals surface area contributed by atoms with Crippen LogP contribution in [-0.4, -0.2) is 48.8 Å². The van der Waals surface area contributed by atoms with Crippen molar-refractivity contribution in [2.24, 2.45) is 0 Å². The van der Waals surface area contributed by atoms with Crippen molar-refractivity contribution in [2.45, 2.75) is 135 Å². The van der Waals surface area contributed by atoms with Crippen molar-refractivity contribution >= 4 is 43.7 Å². The molecule has 0 aliphatic heterocycles. The summed E-state index contributed by atoms with van der Waals surface area (Å²) < 4.78 is 0. The Morgan fingerprint density at radius 2 is 0.808 bits per heavy atom. The third kappa shape index (κ3) is 30.0. The average molecular weight is 439 g/mol. The van der Waals surface area contributed by atoms with E-state index in [2.05, 4.69) is 6.92 Å². The number of aliphatic carboxylic acids is 1. The molecule has 2 nitrogen and oxygen atoms in total. The minimum atomic E-state index is -0.651. The number of rotatable bonds is 20. The Labute approximate surface area is 207 Å². The van der Waals surface area contributed by atoms with Crippen molar-refractivity contribution < 1.29 is 29.8 Å². The minimum absolute atomic E-state index is 0. The van der Waals surface area contributed by atoms with Crippen LogP contribution in [0.25, 0.3) is 0 Å². The van der Waals surface area contributed by atoms with Crippen LogP contribution in [0, 0.1) is 0 Å². The van der Waals surface area contributed by atoms with E-state index >= 15 is 0 Å². The van der Waals surface area contributed by atoms with E-state index in [0.29, 0.717) is 6.42 Å². The first-order chi connectivity index (χ1) is 11.8. The van der Waals surface area contributed by atoms with Gasteiger partial charge in [0.15, 0.2) is 0 Å². The number of hydrogen-bond donors (Lipinski definition) is 1. The van der Waals surface area contributed by atoms with Crippen LogP contribution in [0.1, 0.15) is 138 Å². The van der Waals surface area contributed by atoms with Gasteiger partial charge in [0.1, 0.15) is 0 Å². The summed E-state index contributed by atoms with van der Waals surface area (Å²) >= 11 is 0. The summed E-state index contributed by atoms with van der Waals surface area (Å²) in [4.78, 5) is 10.4. The molecule has 0 fully saturated rings. The van der Waals surface area contributed by atoms with E-state index in [1.807, 2.05) is 0 Å². The maximum Gasteiger partial charge on any atom is 2.00 e. The quantitative estimate of drug-likeness (QED) is 0.156. The molecule has 0 radical (unpaired) electrons. The molecule has 0 aromatic heterocycles. The normalized spacial score (nSPS) is 10.2. The standard InChI is InChI=1S/C22H44O2.Ca.Fe.2H/c1-2-3-4-5-6-7-8-9-10-11-12-13-14-15-16-17-18-19-20-21-22(23)24;;;;/h2-21H2,1H3,(H,23,24);;;;/q;+2;;2*-1.